The second-order valence-corrected chi connectivity index (χ2v) is 7.63. The first-order chi connectivity index (χ1) is 13.6. The summed E-state index contributed by atoms with van der Waals surface area (Å²) in [4.78, 5) is 22.4. The van der Waals surface area contributed by atoms with Gasteiger partial charge in [-0.25, -0.2) is 4.68 Å². The van der Waals surface area contributed by atoms with Gasteiger partial charge in [-0.1, -0.05) is 16.8 Å². The van der Waals surface area contributed by atoms with Gasteiger partial charge in [-0.15, -0.1) is 0 Å². The van der Waals surface area contributed by atoms with Gasteiger partial charge < -0.3 is 9.74 Å². The molecule has 2 rings (SSSR count). The maximum Gasteiger partial charge on any atom is 0.390 e. The average Bonchev–Trinajstić information content (AvgIpc) is 3.07. The highest BCUT2D eigenvalue weighted by Gasteiger charge is 2.29. The summed E-state index contributed by atoms with van der Waals surface area (Å²) in [5.74, 6) is -1.88. The minimum atomic E-state index is -4.44. The highest BCUT2D eigenvalue weighted by molar-refractivity contribution is 7.85. The summed E-state index contributed by atoms with van der Waals surface area (Å²) in [7, 11) is 0.582. The van der Waals surface area contributed by atoms with E-state index in [1.54, 1.807) is 18.3 Å². The zero-order valence-corrected chi connectivity index (χ0v) is 17.0. The number of pyridine rings is 1. The van der Waals surface area contributed by atoms with Crippen molar-refractivity contribution in [2.45, 2.75) is 12.6 Å². The molecule has 0 N–H and O–H groups in total. The number of rotatable bonds is 8. The molecule has 0 saturated heterocycles. The Morgan fingerprint density at radius 1 is 1.45 bits per heavy atom. The van der Waals surface area contributed by atoms with Gasteiger partial charge in [-0.3, -0.25) is 14.0 Å². The van der Waals surface area contributed by atoms with Gasteiger partial charge in [-0.05, 0) is 12.1 Å². The van der Waals surface area contributed by atoms with Crippen molar-refractivity contribution in [3.63, 3.8) is 0 Å². The zero-order chi connectivity index (χ0) is 21.6. The third-order valence-corrected chi connectivity index (χ3v) is 5.11. The van der Waals surface area contributed by atoms with Gasteiger partial charge in [0.2, 0.25) is 0 Å². The summed E-state index contributed by atoms with van der Waals surface area (Å²) >= 11 is 6.12. The Labute approximate surface area is 171 Å². The number of carbonyl (C=O) groups is 1. The number of oxime groups is 1. The van der Waals surface area contributed by atoms with Crippen LogP contribution in [-0.4, -0.2) is 62.4 Å². The summed E-state index contributed by atoms with van der Waals surface area (Å²) < 4.78 is 50.3. The van der Waals surface area contributed by atoms with Crippen molar-refractivity contribution >= 4 is 39.7 Å². The van der Waals surface area contributed by atoms with Gasteiger partial charge in [0.05, 0.1) is 30.3 Å². The first-order valence-electron chi connectivity index (χ1n) is 8.07. The van der Waals surface area contributed by atoms with Crippen molar-refractivity contribution in [1.29, 1.82) is 0 Å². The van der Waals surface area contributed by atoms with Crippen LogP contribution in [0.4, 0.5) is 18.9 Å². The molecule has 0 bridgehead atoms. The highest BCUT2D eigenvalue weighted by atomic mass is 35.5. The fraction of sp³-hybridized carbons (Fsp3) is 0.375. The molecule has 0 fully saturated rings. The lowest BCUT2D eigenvalue weighted by Crippen LogP contribution is -2.36. The molecule has 0 saturated carbocycles. The monoisotopic (exact) mass is 451 g/mol. The van der Waals surface area contributed by atoms with Crippen LogP contribution in [0.2, 0.25) is 5.15 Å². The molecule has 1 unspecified atom stereocenters. The van der Waals surface area contributed by atoms with E-state index in [0.29, 0.717) is 5.69 Å². The average molecular weight is 452 g/mol. The number of hydrogen-bond donors (Lipinski definition) is 0. The second kappa shape index (κ2) is 9.83. The number of halogens is 4. The van der Waals surface area contributed by atoms with Gasteiger partial charge in [-0.2, -0.15) is 18.3 Å². The summed E-state index contributed by atoms with van der Waals surface area (Å²) in [6.07, 6.45) is -1.08. The van der Waals surface area contributed by atoms with Crippen LogP contribution < -0.4 is 4.90 Å². The molecule has 13 heteroatoms. The predicted octanol–water partition coefficient (Wildman–Crippen LogP) is 2.59. The third kappa shape index (κ3) is 6.53. The Kier molecular flexibility index (Phi) is 7.73. The van der Waals surface area contributed by atoms with Crippen molar-refractivity contribution in [3.05, 3.63) is 35.9 Å². The first kappa shape index (κ1) is 22.8. The zero-order valence-electron chi connectivity index (χ0n) is 15.4. The molecule has 158 valence electrons. The van der Waals surface area contributed by atoms with Crippen LogP contribution in [0.15, 0.2) is 35.9 Å². The Bertz CT molecular complexity index is 905. The third-order valence-electron chi connectivity index (χ3n) is 3.59. The number of nitrogens with zero attached hydrogens (tertiary/aromatic N) is 5. The van der Waals surface area contributed by atoms with Crippen molar-refractivity contribution in [1.82, 2.24) is 14.8 Å². The van der Waals surface area contributed by atoms with Gasteiger partial charge in [0.25, 0.3) is 5.91 Å². The van der Waals surface area contributed by atoms with Gasteiger partial charge in [0, 0.05) is 29.8 Å². The molecular formula is C16H17ClF3N5O3S. The van der Waals surface area contributed by atoms with Gasteiger partial charge >= 0.3 is 6.18 Å². The molecule has 0 aliphatic rings. The van der Waals surface area contributed by atoms with Gasteiger partial charge in [0.1, 0.15) is 12.8 Å². The van der Waals surface area contributed by atoms with Crippen molar-refractivity contribution in [2.75, 3.05) is 30.6 Å². The van der Waals surface area contributed by atoms with Crippen molar-refractivity contribution in [2.24, 2.45) is 5.16 Å². The Balaban J connectivity index is 2.17. The summed E-state index contributed by atoms with van der Waals surface area (Å²) in [6.45, 7) is 0. The molecule has 2 aromatic rings. The van der Waals surface area contributed by atoms with E-state index < -0.39 is 40.8 Å². The molecule has 0 radical (unpaired) electrons. The van der Waals surface area contributed by atoms with Crippen LogP contribution in [0, 0.1) is 0 Å². The SMILES string of the molecule is CO/N=C(/CS(=O)CCC(F)(F)F)C(=O)N(C)c1cn(-c2cccnc2)nc1Cl. The molecule has 29 heavy (non-hydrogen) atoms. The largest absolute Gasteiger partial charge is 0.399 e. The quantitative estimate of drug-likeness (QED) is 0.454. The Morgan fingerprint density at radius 2 is 2.17 bits per heavy atom. The van der Waals surface area contributed by atoms with E-state index >= 15 is 0 Å². The van der Waals surface area contributed by atoms with Crippen LogP contribution in [0.5, 0.6) is 0 Å². The Morgan fingerprint density at radius 3 is 2.76 bits per heavy atom. The van der Waals surface area contributed by atoms with Crippen molar-refractivity contribution in [3.8, 4) is 5.69 Å². The molecule has 2 heterocycles. The number of aromatic nitrogens is 3. The van der Waals surface area contributed by atoms with E-state index in [0.717, 1.165) is 4.90 Å². The van der Waals surface area contributed by atoms with Crippen LogP contribution in [-0.2, 0) is 20.4 Å². The molecule has 0 spiro atoms. The number of hydrogen-bond acceptors (Lipinski definition) is 6. The predicted molar refractivity (Wildman–Crippen MR) is 103 cm³/mol. The van der Waals surface area contributed by atoms with E-state index in [1.807, 2.05) is 0 Å². The lowest BCUT2D eigenvalue weighted by molar-refractivity contribution is -0.129. The molecule has 1 atom stereocenters. The number of alkyl halides is 3. The number of amides is 1. The first-order valence-corrected chi connectivity index (χ1v) is 9.94. The number of anilines is 1. The maximum atomic E-state index is 12.7. The maximum absolute atomic E-state index is 12.7. The van der Waals surface area contributed by atoms with E-state index in [1.165, 1.54) is 31.2 Å². The molecular weight excluding hydrogens is 435 g/mol. The highest BCUT2D eigenvalue weighted by Crippen LogP contribution is 2.25. The normalized spacial score (nSPS) is 13.2. The standard InChI is InChI=1S/C16H17ClF3N5O3S/c1-24(13-9-25(22-14(13)17)11-4-3-6-21-8-11)15(26)12(23-28-2)10-29(27)7-5-16(18,19)20/h3-4,6,8-9H,5,7,10H2,1-2H3/b23-12-. The Hall–Kier alpha value is -2.47. The summed E-state index contributed by atoms with van der Waals surface area (Å²) in [6, 6.07) is 3.42. The topological polar surface area (TPSA) is 89.7 Å². The minimum Gasteiger partial charge on any atom is -0.399 e. The van der Waals surface area contributed by atoms with E-state index in [2.05, 4.69) is 20.1 Å². The van der Waals surface area contributed by atoms with Crippen LogP contribution in [0.25, 0.3) is 5.69 Å². The van der Waals surface area contributed by atoms with Crippen molar-refractivity contribution < 1.29 is 27.0 Å². The molecule has 1 amide bonds. The fourth-order valence-corrected chi connectivity index (χ4v) is 3.53. The molecule has 2 aromatic heterocycles. The molecule has 8 nitrogen and oxygen atoms in total. The van der Waals surface area contributed by atoms with E-state index in [-0.39, 0.29) is 16.6 Å². The summed E-state index contributed by atoms with van der Waals surface area (Å²) in [5.41, 5.74) is 0.506. The lowest BCUT2D eigenvalue weighted by Gasteiger charge is -2.16. The molecule has 0 aliphatic carbocycles. The molecule has 0 aliphatic heterocycles. The number of carbonyl (C=O) groups excluding carboxylic acids is 1. The van der Waals surface area contributed by atoms with Crippen LogP contribution in [0.3, 0.4) is 0 Å². The fourth-order valence-electron chi connectivity index (χ4n) is 2.18. The van der Waals surface area contributed by atoms with Crippen LogP contribution >= 0.6 is 11.6 Å². The van der Waals surface area contributed by atoms with Crippen LogP contribution in [0.1, 0.15) is 6.42 Å². The van der Waals surface area contributed by atoms with Gasteiger partial charge in [0.15, 0.2) is 10.9 Å². The smallest absolute Gasteiger partial charge is 0.390 e. The van der Waals surface area contributed by atoms with E-state index in [4.69, 9.17) is 11.6 Å². The molecule has 0 aromatic carbocycles. The second-order valence-electron chi connectivity index (χ2n) is 5.70. The van der Waals surface area contributed by atoms with E-state index in [9.17, 15) is 22.2 Å². The lowest BCUT2D eigenvalue weighted by atomic mass is 10.3. The minimum absolute atomic E-state index is 0.000311. The summed E-state index contributed by atoms with van der Waals surface area (Å²) in [5, 5.41) is 7.62.